The van der Waals surface area contributed by atoms with Crippen LogP contribution >= 0.6 is 0 Å². The number of rotatable bonds is 11. The highest BCUT2D eigenvalue weighted by Crippen LogP contribution is 2.36. The molecule has 5 nitrogen and oxygen atoms in total. The summed E-state index contributed by atoms with van der Waals surface area (Å²) in [7, 11) is 0. The van der Waals surface area contributed by atoms with E-state index in [1.54, 1.807) is 12.2 Å². The van der Waals surface area contributed by atoms with Gasteiger partial charge in [0.15, 0.2) is 5.78 Å². The molecule has 1 aliphatic carbocycles. The predicted molar refractivity (Wildman–Crippen MR) is 108 cm³/mol. The molecule has 0 heterocycles. The summed E-state index contributed by atoms with van der Waals surface area (Å²) in [5.74, 6) is -1.17. The Bertz CT molecular complexity index is 679. The van der Waals surface area contributed by atoms with E-state index in [4.69, 9.17) is 5.11 Å². The van der Waals surface area contributed by atoms with E-state index in [9.17, 15) is 19.8 Å². The van der Waals surface area contributed by atoms with Crippen molar-refractivity contribution in [2.24, 2.45) is 11.8 Å². The summed E-state index contributed by atoms with van der Waals surface area (Å²) in [5, 5.41) is 29.1. The van der Waals surface area contributed by atoms with E-state index in [-0.39, 0.29) is 24.0 Å². The number of carbonyl (C=O) groups excluding carboxylic acids is 1. The Labute approximate surface area is 166 Å². The molecule has 1 aromatic carbocycles. The molecule has 0 radical (unpaired) electrons. The second kappa shape index (κ2) is 11.6. The third-order valence-electron chi connectivity index (χ3n) is 5.26. The highest BCUT2D eigenvalue weighted by molar-refractivity contribution is 5.89. The smallest absolute Gasteiger partial charge is 0.303 e. The third kappa shape index (κ3) is 7.41. The van der Waals surface area contributed by atoms with Crippen molar-refractivity contribution in [2.75, 3.05) is 0 Å². The Morgan fingerprint density at radius 1 is 1.04 bits per heavy atom. The van der Waals surface area contributed by atoms with Gasteiger partial charge in [-0.05, 0) is 43.2 Å². The number of allylic oxidation sites excluding steroid dienone is 3. The summed E-state index contributed by atoms with van der Waals surface area (Å²) in [5.41, 5.74) is 1.12. The van der Waals surface area contributed by atoms with Crippen LogP contribution in [-0.2, 0) is 16.0 Å². The molecular weight excluding hydrogens is 356 g/mol. The van der Waals surface area contributed by atoms with Gasteiger partial charge in [-0.15, -0.1) is 0 Å². The SMILES string of the molecule is O=C(O)CCC/C=C\C[C@@H]1[C@@H](/C=C/C(=O)CCc2ccccc2)[C@H](O)C[C@@H]1O. The van der Waals surface area contributed by atoms with Gasteiger partial charge in [0.1, 0.15) is 0 Å². The maximum Gasteiger partial charge on any atom is 0.303 e. The van der Waals surface area contributed by atoms with Crippen LogP contribution in [-0.4, -0.2) is 39.3 Å². The number of ketones is 1. The lowest BCUT2D eigenvalue weighted by molar-refractivity contribution is -0.137. The molecule has 1 aliphatic rings. The van der Waals surface area contributed by atoms with E-state index in [2.05, 4.69) is 0 Å². The summed E-state index contributed by atoms with van der Waals surface area (Å²) >= 11 is 0. The number of hydrogen-bond donors (Lipinski definition) is 3. The molecule has 5 heteroatoms. The Morgan fingerprint density at radius 2 is 1.79 bits per heavy atom. The number of aliphatic carboxylic acids is 1. The summed E-state index contributed by atoms with van der Waals surface area (Å²) in [6.07, 6.45) is 9.30. The van der Waals surface area contributed by atoms with E-state index in [0.717, 1.165) is 5.56 Å². The average molecular weight is 386 g/mol. The molecule has 1 fully saturated rings. The second-order valence-corrected chi connectivity index (χ2v) is 7.42. The van der Waals surface area contributed by atoms with Gasteiger partial charge in [0.05, 0.1) is 12.2 Å². The fraction of sp³-hybridized carbons (Fsp3) is 0.478. The first kappa shape index (κ1) is 22.1. The van der Waals surface area contributed by atoms with Crippen molar-refractivity contribution in [2.45, 2.75) is 57.2 Å². The molecule has 3 N–H and O–H groups in total. The quantitative estimate of drug-likeness (QED) is 0.308. The normalized spacial score (nSPS) is 24.9. The van der Waals surface area contributed by atoms with Gasteiger partial charge in [-0.1, -0.05) is 48.6 Å². The van der Waals surface area contributed by atoms with Gasteiger partial charge in [-0.2, -0.15) is 0 Å². The zero-order valence-corrected chi connectivity index (χ0v) is 16.1. The lowest BCUT2D eigenvalue weighted by Crippen LogP contribution is -2.20. The van der Waals surface area contributed by atoms with Crippen LogP contribution in [0.5, 0.6) is 0 Å². The molecule has 0 aliphatic heterocycles. The molecule has 2 rings (SSSR count). The fourth-order valence-electron chi connectivity index (χ4n) is 3.66. The Hall–Kier alpha value is -2.24. The first-order chi connectivity index (χ1) is 13.5. The molecule has 4 atom stereocenters. The standard InChI is InChI=1S/C23H30O5/c24-18(13-12-17-8-4-3-5-9-17)14-15-20-19(21(25)16-22(20)26)10-6-1-2-7-11-23(27)28/h1,3-6,8-9,14-15,19-22,25-26H,2,7,10-13,16H2,(H,27,28)/b6-1-,15-14+/t19-,20-,21+,22-/m1/s1. The van der Waals surface area contributed by atoms with Gasteiger partial charge in [0.2, 0.25) is 0 Å². The van der Waals surface area contributed by atoms with Crippen molar-refractivity contribution in [3.05, 3.63) is 60.2 Å². The van der Waals surface area contributed by atoms with Crippen molar-refractivity contribution in [1.82, 2.24) is 0 Å². The molecule has 0 amide bonds. The molecule has 0 unspecified atom stereocenters. The first-order valence-corrected chi connectivity index (χ1v) is 9.95. The Balaban J connectivity index is 1.83. The zero-order chi connectivity index (χ0) is 20.4. The Kier molecular flexibility index (Phi) is 9.11. The Morgan fingerprint density at radius 3 is 2.50 bits per heavy atom. The minimum absolute atomic E-state index is 0.0143. The maximum absolute atomic E-state index is 12.2. The number of aliphatic hydroxyl groups excluding tert-OH is 2. The molecule has 1 saturated carbocycles. The number of benzene rings is 1. The van der Waals surface area contributed by atoms with Crippen LogP contribution in [0.4, 0.5) is 0 Å². The maximum atomic E-state index is 12.2. The lowest BCUT2D eigenvalue weighted by Gasteiger charge is -2.19. The number of aryl methyl sites for hydroxylation is 1. The fourth-order valence-corrected chi connectivity index (χ4v) is 3.66. The number of carbonyl (C=O) groups is 2. The lowest BCUT2D eigenvalue weighted by atomic mass is 9.89. The zero-order valence-electron chi connectivity index (χ0n) is 16.1. The van der Waals surface area contributed by atoms with Crippen molar-refractivity contribution in [3.63, 3.8) is 0 Å². The van der Waals surface area contributed by atoms with Crippen LogP contribution < -0.4 is 0 Å². The molecule has 1 aromatic rings. The third-order valence-corrected chi connectivity index (χ3v) is 5.26. The highest BCUT2D eigenvalue weighted by Gasteiger charge is 2.39. The molecule has 28 heavy (non-hydrogen) atoms. The van der Waals surface area contributed by atoms with Crippen LogP contribution in [0.15, 0.2) is 54.6 Å². The summed E-state index contributed by atoms with van der Waals surface area (Å²) < 4.78 is 0. The van der Waals surface area contributed by atoms with Crippen LogP contribution in [0.2, 0.25) is 0 Å². The average Bonchev–Trinajstić information content (AvgIpc) is 2.94. The van der Waals surface area contributed by atoms with Gasteiger partial charge in [0.25, 0.3) is 0 Å². The van der Waals surface area contributed by atoms with Crippen LogP contribution in [0.3, 0.4) is 0 Å². The number of carboxylic acid groups (broad SMARTS) is 1. The summed E-state index contributed by atoms with van der Waals surface area (Å²) in [6, 6.07) is 9.83. The van der Waals surface area contributed by atoms with E-state index in [0.29, 0.717) is 38.5 Å². The highest BCUT2D eigenvalue weighted by atomic mass is 16.4. The summed E-state index contributed by atoms with van der Waals surface area (Å²) in [6.45, 7) is 0. The summed E-state index contributed by atoms with van der Waals surface area (Å²) in [4.78, 5) is 22.7. The molecule has 0 spiro atoms. The van der Waals surface area contributed by atoms with E-state index in [1.165, 1.54) is 0 Å². The van der Waals surface area contributed by atoms with Crippen LogP contribution in [0.1, 0.15) is 44.1 Å². The van der Waals surface area contributed by atoms with E-state index in [1.807, 2.05) is 42.5 Å². The van der Waals surface area contributed by atoms with Gasteiger partial charge >= 0.3 is 5.97 Å². The second-order valence-electron chi connectivity index (χ2n) is 7.42. The van der Waals surface area contributed by atoms with Crippen LogP contribution in [0.25, 0.3) is 0 Å². The van der Waals surface area contributed by atoms with Gasteiger partial charge in [-0.3, -0.25) is 9.59 Å². The number of carboxylic acids is 1. The molecule has 0 bridgehead atoms. The van der Waals surface area contributed by atoms with E-state index >= 15 is 0 Å². The number of unbranched alkanes of at least 4 members (excludes halogenated alkanes) is 1. The van der Waals surface area contributed by atoms with Gasteiger partial charge in [0, 0.05) is 25.2 Å². The van der Waals surface area contributed by atoms with E-state index < -0.39 is 18.2 Å². The molecular formula is C23H30O5. The molecule has 0 aromatic heterocycles. The minimum atomic E-state index is -0.801. The van der Waals surface area contributed by atoms with Crippen LogP contribution in [0, 0.1) is 11.8 Å². The topological polar surface area (TPSA) is 94.8 Å². The molecule has 0 saturated heterocycles. The number of aliphatic hydroxyl groups is 2. The van der Waals surface area contributed by atoms with Crippen molar-refractivity contribution >= 4 is 11.8 Å². The van der Waals surface area contributed by atoms with Crippen molar-refractivity contribution in [1.29, 1.82) is 0 Å². The first-order valence-electron chi connectivity index (χ1n) is 9.95. The predicted octanol–water partition coefficient (Wildman–Crippen LogP) is 3.30. The van der Waals surface area contributed by atoms with Crippen molar-refractivity contribution < 1.29 is 24.9 Å². The number of hydrogen-bond acceptors (Lipinski definition) is 4. The monoisotopic (exact) mass is 386 g/mol. The largest absolute Gasteiger partial charge is 0.481 e. The van der Waals surface area contributed by atoms with Gasteiger partial charge < -0.3 is 15.3 Å². The van der Waals surface area contributed by atoms with Gasteiger partial charge in [-0.25, -0.2) is 0 Å². The minimum Gasteiger partial charge on any atom is -0.481 e. The van der Waals surface area contributed by atoms with Crippen molar-refractivity contribution in [3.8, 4) is 0 Å². The molecule has 152 valence electrons.